The number of aromatic nitrogens is 1. The second kappa shape index (κ2) is 11.0. The summed E-state index contributed by atoms with van der Waals surface area (Å²) < 4.78 is 11.2. The highest BCUT2D eigenvalue weighted by atomic mass is 16.6. The smallest absolute Gasteiger partial charge is 0.415 e. The molecule has 4 atom stereocenters. The van der Waals surface area contributed by atoms with Crippen LogP contribution in [0.15, 0.2) is 18.2 Å². The summed E-state index contributed by atoms with van der Waals surface area (Å²) in [7, 11) is 0. The highest BCUT2D eigenvalue weighted by Gasteiger charge is 2.59. The molecule has 4 saturated heterocycles. The fourth-order valence-corrected chi connectivity index (χ4v) is 8.40. The fourth-order valence-electron chi connectivity index (χ4n) is 8.40. The summed E-state index contributed by atoms with van der Waals surface area (Å²) >= 11 is 0. The van der Waals surface area contributed by atoms with E-state index in [4.69, 9.17) is 14.5 Å². The Bertz CT molecular complexity index is 1450. The highest BCUT2D eigenvalue weighted by Crippen LogP contribution is 2.51. The van der Waals surface area contributed by atoms with Crippen LogP contribution in [0.1, 0.15) is 81.7 Å². The van der Waals surface area contributed by atoms with Crippen molar-refractivity contribution >= 4 is 28.9 Å². The van der Waals surface area contributed by atoms with Gasteiger partial charge in [-0.15, -0.1) is 0 Å². The van der Waals surface area contributed by atoms with Crippen molar-refractivity contribution in [3.8, 4) is 5.75 Å². The number of amides is 2. The van der Waals surface area contributed by atoms with Gasteiger partial charge in [-0.3, -0.25) is 9.78 Å². The van der Waals surface area contributed by atoms with Crippen LogP contribution in [0.4, 0.5) is 4.79 Å². The minimum atomic E-state index is -1.67. The molecule has 0 radical (unpaired) electrons. The fraction of sp³-hybridized carbons (Fsp3) is 0.636. The van der Waals surface area contributed by atoms with E-state index in [0.29, 0.717) is 37.8 Å². The van der Waals surface area contributed by atoms with Crippen molar-refractivity contribution in [2.75, 3.05) is 32.8 Å². The largest absolute Gasteiger partial charge is 0.463 e. The van der Waals surface area contributed by atoms with Gasteiger partial charge in [-0.05, 0) is 87.4 Å². The van der Waals surface area contributed by atoms with Gasteiger partial charge in [0.15, 0.2) is 5.60 Å². The van der Waals surface area contributed by atoms with Gasteiger partial charge in [0.1, 0.15) is 12.4 Å². The van der Waals surface area contributed by atoms with Crippen molar-refractivity contribution in [2.45, 2.75) is 89.4 Å². The molecule has 1 N–H and O–H groups in total. The summed E-state index contributed by atoms with van der Waals surface area (Å²) in [5.41, 5.74) is 2.06. The molecule has 3 unspecified atom stereocenters. The van der Waals surface area contributed by atoms with Gasteiger partial charge in [0.05, 0.1) is 23.2 Å². The predicted molar refractivity (Wildman–Crippen MR) is 158 cm³/mol. The number of esters is 1. The van der Waals surface area contributed by atoms with Gasteiger partial charge < -0.3 is 29.3 Å². The number of benzene rings is 1. The van der Waals surface area contributed by atoms with Crippen LogP contribution in [0.25, 0.3) is 10.9 Å². The molecular weight excluding hydrogens is 548 g/mol. The molecule has 5 aliphatic heterocycles. The Balaban J connectivity index is 1.11. The Hall–Kier alpha value is -3.24. The minimum absolute atomic E-state index is 0.00487. The number of likely N-dealkylation sites (tertiary alicyclic amines) is 2. The number of carbonyl (C=O) groups is 3. The Morgan fingerprint density at radius 3 is 2.60 bits per heavy atom. The normalized spacial score (nSPS) is 29.7. The number of pyridine rings is 1. The molecule has 6 heterocycles. The Morgan fingerprint density at radius 1 is 1.12 bits per heavy atom. The topological polar surface area (TPSA) is 113 Å². The van der Waals surface area contributed by atoms with E-state index in [1.54, 1.807) is 13.0 Å². The summed E-state index contributed by atoms with van der Waals surface area (Å²) in [6, 6.07) is 5.84. The molecule has 230 valence electrons. The first-order valence-electron chi connectivity index (χ1n) is 16.2. The van der Waals surface area contributed by atoms with Crippen LogP contribution in [0.3, 0.4) is 0 Å². The van der Waals surface area contributed by atoms with E-state index in [1.165, 1.54) is 32.4 Å². The van der Waals surface area contributed by atoms with Crippen LogP contribution < -0.4 is 4.74 Å². The average Bonchev–Trinajstić information content (AvgIpc) is 3.41. The number of rotatable bonds is 4. The third kappa shape index (κ3) is 4.68. The lowest BCUT2D eigenvalue weighted by molar-refractivity contribution is -0.202. The van der Waals surface area contributed by atoms with E-state index in [-0.39, 0.29) is 31.1 Å². The van der Waals surface area contributed by atoms with Crippen molar-refractivity contribution in [1.82, 2.24) is 19.7 Å². The quantitative estimate of drug-likeness (QED) is 0.533. The third-order valence-corrected chi connectivity index (χ3v) is 10.9. The molecule has 1 aromatic carbocycles. The molecule has 5 aliphatic rings. The maximum atomic E-state index is 13.7. The van der Waals surface area contributed by atoms with Gasteiger partial charge >= 0.3 is 12.1 Å². The number of aliphatic hydroxyl groups is 1. The molecule has 7 rings (SSSR count). The molecule has 0 aliphatic carbocycles. The van der Waals surface area contributed by atoms with Crippen LogP contribution in [-0.4, -0.2) is 87.2 Å². The van der Waals surface area contributed by atoms with E-state index < -0.39 is 23.4 Å². The predicted octanol–water partition coefficient (Wildman–Crippen LogP) is 3.96. The summed E-state index contributed by atoms with van der Waals surface area (Å²) in [5, 5.41) is 12.2. The van der Waals surface area contributed by atoms with Gasteiger partial charge in [-0.1, -0.05) is 20.3 Å². The van der Waals surface area contributed by atoms with Crippen LogP contribution in [0.2, 0.25) is 0 Å². The van der Waals surface area contributed by atoms with Crippen LogP contribution >= 0.6 is 0 Å². The number of hydrogen-bond acceptors (Lipinski definition) is 8. The van der Waals surface area contributed by atoms with Crippen molar-refractivity contribution < 1.29 is 29.0 Å². The summed E-state index contributed by atoms with van der Waals surface area (Å²) in [4.78, 5) is 50.7. The molecule has 10 nitrogen and oxygen atoms in total. The third-order valence-electron chi connectivity index (χ3n) is 10.9. The molecule has 0 bridgehead atoms. The molecule has 2 aromatic rings. The summed E-state index contributed by atoms with van der Waals surface area (Å²) in [5.74, 6) is -1.29. The lowest BCUT2D eigenvalue weighted by Gasteiger charge is -2.48. The maximum absolute atomic E-state index is 13.7. The molecule has 0 saturated carbocycles. The first-order chi connectivity index (χ1) is 20.8. The zero-order valence-electron chi connectivity index (χ0n) is 25.2. The molecule has 0 spiro atoms. The second-order valence-electron chi connectivity index (χ2n) is 13.0. The number of nitrogens with zero attached hydrogens (tertiary/aromatic N) is 4. The Labute approximate surface area is 252 Å². The number of fused-ring (bicyclic) bond motifs is 5. The van der Waals surface area contributed by atoms with E-state index in [9.17, 15) is 19.5 Å². The molecule has 43 heavy (non-hydrogen) atoms. The molecular formula is C33H42N4O6. The zero-order valence-corrected chi connectivity index (χ0v) is 25.2. The summed E-state index contributed by atoms with van der Waals surface area (Å²) in [6.07, 6.45) is 6.92. The monoisotopic (exact) mass is 590 g/mol. The van der Waals surface area contributed by atoms with E-state index in [1.807, 2.05) is 21.9 Å². The average molecular weight is 591 g/mol. The summed E-state index contributed by atoms with van der Waals surface area (Å²) in [6.45, 7) is 8.04. The van der Waals surface area contributed by atoms with Gasteiger partial charge in [-0.2, -0.15) is 0 Å². The van der Waals surface area contributed by atoms with Crippen LogP contribution in [0.5, 0.6) is 5.75 Å². The number of hydrogen-bond donors (Lipinski definition) is 1. The molecule has 4 fully saturated rings. The molecule has 10 heteroatoms. The standard InChI is InChI=1S/C33H42N4O6/c1-3-22-23-16-21(43-32(40)36-14-10-20(11-15-36)35-12-6-5-7-13-35)8-9-27(23)34-29-24(22)18-37-28(29)17-26-25(30(37)38)19-42-31(39)33(26,41)4-2/h8-9,16,20,25-26,28,41H,3-7,10-15,17-19H2,1-2H3/t25?,26?,28?,33-/m0/s1. The van der Waals surface area contributed by atoms with Crippen molar-refractivity contribution in [3.05, 3.63) is 35.0 Å². The lowest BCUT2D eigenvalue weighted by Crippen LogP contribution is -2.61. The SMILES string of the molecule is CCc1c2c(nc3ccc(OC(=O)N4CCC(N5CCCCC5)CC4)cc13)C1CC3C(COC(=O)[C@]3(O)CC)C(=O)N1C2. The number of piperidine rings is 3. The molecule has 2 amide bonds. The van der Waals surface area contributed by atoms with Gasteiger partial charge in [0, 0.05) is 37.0 Å². The van der Waals surface area contributed by atoms with Crippen molar-refractivity contribution in [2.24, 2.45) is 11.8 Å². The van der Waals surface area contributed by atoms with E-state index >= 15 is 0 Å². The van der Waals surface area contributed by atoms with Gasteiger partial charge in [0.2, 0.25) is 5.91 Å². The zero-order chi connectivity index (χ0) is 29.9. The number of ether oxygens (including phenoxy) is 2. The van der Waals surface area contributed by atoms with Gasteiger partial charge in [0.25, 0.3) is 0 Å². The Kier molecular flexibility index (Phi) is 7.32. The minimum Gasteiger partial charge on any atom is -0.463 e. The number of cyclic esters (lactones) is 1. The first-order valence-corrected chi connectivity index (χ1v) is 16.2. The molecule has 1 aromatic heterocycles. The number of carbonyl (C=O) groups excluding carboxylic acids is 3. The lowest BCUT2D eigenvalue weighted by atomic mass is 9.69. The van der Waals surface area contributed by atoms with Crippen LogP contribution in [-0.2, 0) is 27.3 Å². The Morgan fingerprint density at radius 2 is 1.88 bits per heavy atom. The number of aryl methyl sites for hydroxylation is 1. The second-order valence-corrected chi connectivity index (χ2v) is 13.0. The van der Waals surface area contributed by atoms with Gasteiger partial charge in [-0.25, -0.2) is 9.59 Å². The van der Waals surface area contributed by atoms with E-state index in [0.717, 1.165) is 47.0 Å². The van der Waals surface area contributed by atoms with E-state index in [2.05, 4.69) is 11.8 Å². The maximum Gasteiger partial charge on any atom is 0.415 e. The van der Waals surface area contributed by atoms with Crippen molar-refractivity contribution in [3.63, 3.8) is 0 Å². The van der Waals surface area contributed by atoms with Crippen LogP contribution in [0, 0.1) is 11.8 Å². The first kappa shape index (κ1) is 28.5. The highest BCUT2D eigenvalue weighted by molar-refractivity contribution is 5.90. The van der Waals surface area contributed by atoms with Crippen molar-refractivity contribution in [1.29, 1.82) is 0 Å².